The van der Waals surface area contributed by atoms with Gasteiger partial charge in [-0.3, -0.25) is 9.78 Å². The Morgan fingerprint density at radius 1 is 1.45 bits per heavy atom. The third-order valence-electron chi connectivity index (χ3n) is 3.41. The molecule has 0 spiro atoms. The molecule has 3 aromatic rings. The first kappa shape index (κ1) is 14.5. The third-order valence-corrected chi connectivity index (χ3v) is 4.40. The fraction of sp³-hybridized carbons (Fsp3) is 0.176. The smallest absolute Gasteiger partial charge is 0.268 e. The van der Waals surface area contributed by atoms with Crippen LogP contribution in [0.15, 0.2) is 49.2 Å². The molecule has 4 nitrogen and oxygen atoms in total. The highest BCUT2D eigenvalue weighted by Crippen LogP contribution is 2.28. The minimum absolute atomic E-state index is 0.0893. The van der Waals surface area contributed by atoms with Gasteiger partial charge in [-0.2, -0.15) is 0 Å². The van der Waals surface area contributed by atoms with E-state index in [-0.39, 0.29) is 5.91 Å². The molecule has 0 radical (unpaired) electrons. The first-order chi connectivity index (χ1) is 10.7. The highest BCUT2D eigenvalue weighted by Gasteiger charge is 2.16. The molecule has 0 saturated heterocycles. The zero-order chi connectivity index (χ0) is 15.5. The second kappa shape index (κ2) is 6.15. The Morgan fingerprint density at radius 3 is 3.05 bits per heavy atom. The van der Waals surface area contributed by atoms with Crippen LogP contribution in [-0.4, -0.2) is 15.5 Å². The van der Waals surface area contributed by atoms with Gasteiger partial charge in [-0.15, -0.1) is 17.9 Å². The van der Waals surface area contributed by atoms with Gasteiger partial charge < -0.3 is 9.88 Å². The van der Waals surface area contributed by atoms with Crippen LogP contribution in [0.3, 0.4) is 0 Å². The molecule has 1 N–H and O–H groups in total. The van der Waals surface area contributed by atoms with E-state index in [0.717, 1.165) is 15.9 Å². The van der Waals surface area contributed by atoms with Crippen molar-refractivity contribution in [1.82, 2.24) is 14.9 Å². The largest absolute Gasteiger partial charge is 0.345 e. The molecule has 22 heavy (non-hydrogen) atoms. The van der Waals surface area contributed by atoms with Crippen LogP contribution in [0.4, 0.5) is 0 Å². The third kappa shape index (κ3) is 2.80. The number of nitrogens with one attached hydrogen (secondary N) is 1. The van der Waals surface area contributed by atoms with E-state index in [9.17, 15) is 4.79 Å². The topological polar surface area (TPSA) is 46.9 Å². The maximum absolute atomic E-state index is 12.5. The maximum Gasteiger partial charge on any atom is 0.268 e. The van der Waals surface area contributed by atoms with Crippen LogP contribution in [0.25, 0.3) is 10.2 Å². The number of carbonyl (C=O) groups excluding carboxylic acids is 1. The lowest BCUT2D eigenvalue weighted by Crippen LogP contribution is -2.25. The van der Waals surface area contributed by atoms with E-state index in [4.69, 9.17) is 0 Å². The summed E-state index contributed by atoms with van der Waals surface area (Å²) in [5.41, 5.74) is 2.60. The minimum Gasteiger partial charge on any atom is -0.345 e. The average Bonchev–Trinajstić information content (AvgIpc) is 3.04. The van der Waals surface area contributed by atoms with Crippen molar-refractivity contribution in [2.24, 2.45) is 0 Å². The predicted molar refractivity (Wildman–Crippen MR) is 90.2 cm³/mol. The van der Waals surface area contributed by atoms with Crippen molar-refractivity contribution in [2.45, 2.75) is 20.0 Å². The van der Waals surface area contributed by atoms with E-state index in [1.165, 1.54) is 4.88 Å². The quantitative estimate of drug-likeness (QED) is 0.733. The number of thiophene rings is 1. The summed E-state index contributed by atoms with van der Waals surface area (Å²) in [6, 6.07) is 9.72. The van der Waals surface area contributed by atoms with Gasteiger partial charge in [-0.05, 0) is 31.2 Å². The van der Waals surface area contributed by atoms with Crippen molar-refractivity contribution < 1.29 is 4.79 Å². The van der Waals surface area contributed by atoms with Gasteiger partial charge in [0.15, 0.2) is 0 Å². The molecule has 0 bridgehead atoms. The van der Waals surface area contributed by atoms with Gasteiger partial charge in [-0.1, -0.05) is 12.1 Å². The molecule has 112 valence electrons. The molecule has 5 heteroatoms. The first-order valence-electron chi connectivity index (χ1n) is 7.07. The lowest BCUT2D eigenvalue weighted by molar-refractivity contribution is 0.0942. The minimum atomic E-state index is -0.0893. The van der Waals surface area contributed by atoms with Crippen molar-refractivity contribution >= 4 is 27.5 Å². The molecule has 3 rings (SSSR count). The van der Waals surface area contributed by atoms with E-state index >= 15 is 0 Å². The molecule has 3 aromatic heterocycles. The number of nitrogens with zero attached hydrogens (tertiary/aromatic N) is 2. The van der Waals surface area contributed by atoms with Crippen LogP contribution in [0.5, 0.6) is 0 Å². The van der Waals surface area contributed by atoms with E-state index in [1.807, 2.05) is 34.9 Å². The van der Waals surface area contributed by atoms with E-state index < -0.39 is 0 Å². The number of amides is 1. The zero-order valence-electron chi connectivity index (χ0n) is 12.4. The molecule has 0 aromatic carbocycles. The molecule has 0 fully saturated rings. The van der Waals surface area contributed by atoms with Crippen LogP contribution in [0.2, 0.25) is 0 Å². The van der Waals surface area contributed by atoms with Gasteiger partial charge in [0.1, 0.15) is 5.69 Å². The Hall–Kier alpha value is -2.40. The van der Waals surface area contributed by atoms with E-state index in [1.54, 1.807) is 17.5 Å². The molecule has 0 aliphatic rings. The van der Waals surface area contributed by atoms with Crippen molar-refractivity contribution in [3.63, 3.8) is 0 Å². The lowest BCUT2D eigenvalue weighted by atomic mass is 10.3. The molecule has 0 atom stereocenters. The number of pyridine rings is 1. The number of allylic oxidation sites excluding steroid dienone is 1. The molecule has 1 amide bonds. The number of hydrogen-bond donors (Lipinski definition) is 1. The molecule has 0 aliphatic heterocycles. The van der Waals surface area contributed by atoms with Crippen molar-refractivity contribution in [1.29, 1.82) is 0 Å². The number of fused-ring (bicyclic) bond motifs is 1. The summed E-state index contributed by atoms with van der Waals surface area (Å²) in [6.07, 6.45) is 3.53. The summed E-state index contributed by atoms with van der Waals surface area (Å²) in [7, 11) is 0. The molecular weight excluding hydrogens is 294 g/mol. The van der Waals surface area contributed by atoms with Crippen LogP contribution in [-0.2, 0) is 13.1 Å². The van der Waals surface area contributed by atoms with Crippen LogP contribution < -0.4 is 5.32 Å². The molecule has 3 heterocycles. The van der Waals surface area contributed by atoms with Crippen molar-refractivity contribution in [2.75, 3.05) is 0 Å². The SMILES string of the molecule is C=CCn1c(C(=O)NCc2ccccn2)cc2sc(C)cc21. The maximum atomic E-state index is 12.5. The Morgan fingerprint density at radius 2 is 2.32 bits per heavy atom. The molecule has 0 unspecified atom stereocenters. The van der Waals surface area contributed by atoms with Gasteiger partial charge in [0.2, 0.25) is 0 Å². The number of hydrogen-bond acceptors (Lipinski definition) is 3. The highest BCUT2D eigenvalue weighted by atomic mass is 32.1. The second-order valence-electron chi connectivity index (χ2n) is 5.04. The number of aryl methyl sites for hydroxylation is 1. The summed E-state index contributed by atoms with van der Waals surface area (Å²) in [5, 5.41) is 2.93. The summed E-state index contributed by atoms with van der Waals surface area (Å²) in [4.78, 5) is 17.9. The highest BCUT2D eigenvalue weighted by molar-refractivity contribution is 7.19. The van der Waals surface area contributed by atoms with Gasteiger partial charge in [-0.25, -0.2) is 0 Å². The lowest BCUT2D eigenvalue weighted by Gasteiger charge is -2.08. The fourth-order valence-corrected chi connectivity index (χ4v) is 3.40. The van der Waals surface area contributed by atoms with Crippen LogP contribution in [0, 0.1) is 6.92 Å². The Kier molecular flexibility index (Phi) is 4.06. The first-order valence-corrected chi connectivity index (χ1v) is 7.89. The van der Waals surface area contributed by atoms with E-state index in [0.29, 0.717) is 18.8 Å². The van der Waals surface area contributed by atoms with Gasteiger partial charge in [0.05, 0.1) is 22.5 Å². The number of rotatable bonds is 5. The summed E-state index contributed by atoms with van der Waals surface area (Å²) in [6.45, 7) is 6.90. The number of carbonyl (C=O) groups is 1. The standard InChI is InChI=1S/C17H17N3OS/c1-3-8-20-14-9-12(2)22-16(14)10-15(20)17(21)19-11-13-6-4-5-7-18-13/h3-7,9-10H,1,8,11H2,2H3,(H,19,21). The van der Waals surface area contributed by atoms with Crippen LogP contribution >= 0.6 is 11.3 Å². The van der Waals surface area contributed by atoms with Gasteiger partial charge in [0, 0.05) is 17.6 Å². The Bertz CT molecular complexity index is 817. The van der Waals surface area contributed by atoms with Crippen molar-refractivity contribution in [3.8, 4) is 0 Å². The average molecular weight is 311 g/mol. The van der Waals surface area contributed by atoms with E-state index in [2.05, 4.69) is 29.9 Å². The fourth-order valence-electron chi connectivity index (χ4n) is 2.44. The summed E-state index contributed by atoms with van der Waals surface area (Å²) >= 11 is 1.70. The summed E-state index contributed by atoms with van der Waals surface area (Å²) in [5.74, 6) is -0.0893. The Balaban J connectivity index is 1.85. The molecule has 0 saturated carbocycles. The molecular formula is C17H17N3OS. The molecule has 0 aliphatic carbocycles. The zero-order valence-corrected chi connectivity index (χ0v) is 13.2. The van der Waals surface area contributed by atoms with Gasteiger partial charge in [0.25, 0.3) is 5.91 Å². The monoisotopic (exact) mass is 311 g/mol. The Labute approximate surface area is 133 Å². The van der Waals surface area contributed by atoms with Gasteiger partial charge >= 0.3 is 0 Å². The predicted octanol–water partition coefficient (Wildman–Crippen LogP) is 3.52. The van der Waals surface area contributed by atoms with Crippen LogP contribution in [0.1, 0.15) is 21.1 Å². The summed E-state index contributed by atoms with van der Waals surface area (Å²) < 4.78 is 3.13. The normalized spacial score (nSPS) is 10.8. The number of aromatic nitrogens is 2. The second-order valence-corrected chi connectivity index (χ2v) is 6.33. The van der Waals surface area contributed by atoms with Crippen molar-refractivity contribution in [3.05, 3.63) is 65.4 Å².